The predicted octanol–water partition coefficient (Wildman–Crippen LogP) is 1.31. The quantitative estimate of drug-likeness (QED) is 0.639. The number of aromatic nitrogens is 1. The van der Waals surface area contributed by atoms with E-state index in [1.165, 1.54) is 12.3 Å². The Morgan fingerprint density at radius 3 is 2.92 bits per heavy atom. The van der Waals surface area contributed by atoms with Crippen LogP contribution in [0, 0.1) is 16.0 Å². The maximum atomic E-state index is 10.5. The van der Waals surface area contributed by atoms with Gasteiger partial charge in [0.05, 0.1) is 11.1 Å². The smallest absolute Gasteiger partial charge is 0.338 e. The van der Waals surface area contributed by atoms with Gasteiger partial charge in [0.25, 0.3) is 0 Å². The molecule has 0 aliphatic rings. The molecular formula is C7H4N2O2S. The summed E-state index contributed by atoms with van der Waals surface area (Å²) in [5.74, 6) is -1.13. The first-order valence-corrected chi connectivity index (χ1v) is 3.42. The summed E-state index contributed by atoms with van der Waals surface area (Å²) in [6.07, 6.45) is 1.37. The van der Waals surface area contributed by atoms with Gasteiger partial charge < -0.3 is 10.1 Å². The summed E-state index contributed by atoms with van der Waals surface area (Å²) in [6, 6.07) is 3.05. The van der Waals surface area contributed by atoms with Crippen molar-refractivity contribution in [2.75, 3.05) is 0 Å². The Morgan fingerprint density at radius 2 is 2.42 bits per heavy atom. The van der Waals surface area contributed by atoms with Crippen LogP contribution in [0.4, 0.5) is 0 Å². The molecule has 12 heavy (non-hydrogen) atoms. The molecule has 0 atom stereocenters. The number of aromatic carboxylic acids is 1. The fraction of sp³-hybridized carbons (Fsp3) is 0. The first kappa shape index (κ1) is 8.43. The lowest BCUT2D eigenvalue weighted by Gasteiger charge is -1.94. The first-order chi connectivity index (χ1) is 5.65. The van der Waals surface area contributed by atoms with Gasteiger partial charge in [-0.1, -0.05) is 12.2 Å². The molecule has 0 amide bonds. The van der Waals surface area contributed by atoms with Gasteiger partial charge in [-0.2, -0.15) is 5.26 Å². The molecule has 0 bridgehead atoms. The Labute approximate surface area is 73.1 Å². The summed E-state index contributed by atoms with van der Waals surface area (Å²) in [4.78, 5) is 13.0. The molecule has 60 valence electrons. The average Bonchev–Trinajstić information content (AvgIpc) is 2.05. The molecule has 0 aromatic carbocycles. The van der Waals surface area contributed by atoms with Gasteiger partial charge in [0.15, 0.2) is 0 Å². The van der Waals surface area contributed by atoms with E-state index in [-0.39, 0.29) is 15.8 Å². The van der Waals surface area contributed by atoms with E-state index in [0.29, 0.717) is 0 Å². The van der Waals surface area contributed by atoms with Crippen molar-refractivity contribution in [1.82, 2.24) is 4.98 Å². The molecule has 0 aliphatic carbocycles. The van der Waals surface area contributed by atoms with E-state index in [4.69, 9.17) is 10.4 Å². The number of aromatic amines is 1. The van der Waals surface area contributed by atoms with Crippen LogP contribution in [0.15, 0.2) is 12.3 Å². The van der Waals surface area contributed by atoms with Gasteiger partial charge in [-0.3, -0.25) is 0 Å². The normalized spacial score (nSPS) is 8.92. The zero-order chi connectivity index (χ0) is 9.14. The third kappa shape index (κ3) is 1.49. The van der Waals surface area contributed by atoms with Crippen molar-refractivity contribution in [3.05, 3.63) is 28.0 Å². The number of H-pyrrole nitrogens is 1. The van der Waals surface area contributed by atoms with Gasteiger partial charge in [0, 0.05) is 6.20 Å². The number of hydrogen-bond donors (Lipinski definition) is 2. The Balaban J connectivity index is 3.39. The second-order valence-electron chi connectivity index (χ2n) is 2.05. The third-order valence-electron chi connectivity index (χ3n) is 1.26. The Kier molecular flexibility index (Phi) is 2.21. The molecule has 0 saturated carbocycles. The third-order valence-corrected chi connectivity index (χ3v) is 1.60. The highest BCUT2D eigenvalue weighted by atomic mass is 32.1. The van der Waals surface area contributed by atoms with Crippen molar-refractivity contribution >= 4 is 18.2 Å². The Morgan fingerprint density at radius 1 is 1.75 bits per heavy atom. The summed E-state index contributed by atoms with van der Waals surface area (Å²) in [5.41, 5.74) is 0.199. The first-order valence-electron chi connectivity index (χ1n) is 3.01. The summed E-state index contributed by atoms with van der Waals surface area (Å²) in [7, 11) is 0. The van der Waals surface area contributed by atoms with E-state index in [2.05, 4.69) is 17.2 Å². The number of nitrogens with one attached hydrogen (secondary N) is 1. The van der Waals surface area contributed by atoms with Crippen molar-refractivity contribution < 1.29 is 9.90 Å². The van der Waals surface area contributed by atoms with E-state index in [1.807, 2.05) is 6.07 Å². The summed E-state index contributed by atoms with van der Waals surface area (Å²) < 4.78 is 0.126. The molecule has 1 rings (SSSR count). The minimum absolute atomic E-state index is 0.0518. The lowest BCUT2D eigenvalue weighted by Crippen LogP contribution is -1.99. The highest BCUT2D eigenvalue weighted by Gasteiger charge is 2.05. The number of carbonyl (C=O) groups is 1. The molecule has 1 heterocycles. The van der Waals surface area contributed by atoms with Crippen LogP contribution in [0.1, 0.15) is 15.9 Å². The van der Waals surface area contributed by atoms with Crippen LogP contribution in [0.25, 0.3) is 0 Å². The van der Waals surface area contributed by atoms with Crippen molar-refractivity contribution in [1.29, 1.82) is 5.26 Å². The molecule has 1 aromatic heterocycles. The summed E-state index contributed by atoms with van der Waals surface area (Å²) >= 11 is 4.69. The summed E-state index contributed by atoms with van der Waals surface area (Å²) in [5, 5.41) is 17.0. The van der Waals surface area contributed by atoms with Crippen LogP contribution in [-0.4, -0.2) is 16.1 Å². The summed E-state index contributed by atoms with van der Waals surface area (Å²) in [6.45, 7) is 0. The van der Waals surface area contributed by atoms with Gasteiger partial charge in [-0.05, 0) is 6.07 Å². The molecule has 4 nitrogen and oxygen atoms in total. The molecule has 1 aromatic rings. The van der Waals surface area contributed by atoms with E-state index in [1.54, 1.807) is 0 Å². The van der Waals surface area contributed by atoms with E-state index >= 15 is 0 Å². The van der Waals surface area contributed by atoms with Gasteiger partial charge in [-0.25, -0.2) is 4.79 Å². The zero-order valence-electron chi connectivity index (χ0n) is 5.87. The molecule has 0 unspecified atom stereocenters. The van der Waals surface area contributed by atoms with Gasteiger partial charge in [0.2, 0.25) is 0 Å². The molecule has 0 aliphatic heterocycles. The van der Waals surface area contributed by atoms with Crippen LogP contribution in [-0.2, 0) is 0 Å². The second-order valence-corrected chi connectivity index (χ2v) is 2.46. The van der Waals surface area contributed by atoms with Gasteiger partial charge in [-0.15, -0.1) is 0 Å². The highest BCUT2D eigenvalue weighted by molar-refractivity contribution is 7.71. The standard InChI is InChI=1S/C7H4N2O2S/c8-2-4-1-5(7(10)11)6(12)9-3-4/h1,3H,(H,9,12)(H,10,11). The molecular weight excluding hydrogens is 176 g/mol. The lowest BCUT2D eigenvalue weighted by atomic mass is 10.2. The van der Waals surface area contributed by atoms with Crippen molar-refractivity contribution in [3.63, 3.8) is 0 Å². The molecule has 5 heteroatoms. The van der Waals surface area contributed by atoms with E-state index in [9.17, 15) is 4.79 Å². The van der Waals surface area contributed by atoms with E-state index in [0.717, 1.165) is 0 Å². The van der Waals surface area contributed by atoms with Gasteiger partial charge >= 0.3 is 5.97 Å². The van der Waals surface area contributed by atoms with Crippen molar-refractivity contribution in [2.45, 2.75) is 0 Å². The molecule has 0 spiro atoms. The van der Waals surface area contributed by atoms with Crippen LogP contribution < -0.4 is 0 Å². The fourth-order valence-corrected chi connectivity index (χ4v) is 0.912. The van der Waals surface area contributed by atoms with Crippen molar-refractivity contribution in [3.8, 4) is 6.07 Å². The molecule has 2 N–H and O–H groups in total. The highest BCUT2D eigenvalue weighted by Crippen LogP contribution is 2.03. The number of nitriles is 1. The minimum atomic E-state index is -1.13. The largest absolute Gasteiger partial charge is 0.478 e. The monoisotopic (exact) mass is 180 g/mol. The maximum absolute atomic E-state index is 10.5. The number of nitrogens with zero attached hydrogens (tertiary/aromatic N) is 1. The molecule has 0 fully saturated rings. The fourth-order valence-electron chi connectivity index (χ4n) is 0.707. The molecule has 0 saturated heterocycles. The number of carboxylic acid groups (broad SMARTS) is 1. The lowest BCUT2D eigenvalue weighted by molar-refractivity contribution is 0.0696. The minimum Gasteiger partial charge on any atom is -0.478 e. The average molecular weight is 180 g/mol. The number of rotatable bonds is 1. The van der Waals surface area contributed by atoms with Gasteiger partial charge in [0.1, 0.15) is 10.7 Å². The Hall–Kier alpha value is -1.67. The van der Waals surface area contributed by atoms with Crippen LogP contribution in [0.2, 0.25) is 0 Å². The molecule has 0 radical (unpaired) electrons. The van der Waals surface area contributed by atoms with Crippen LogP contribution >= 0.6 is 12.2 Å². The SMILES string of the molecule is N#Cc1c[nH]c(=S)c(C(=O)O)c1. The van der Waals surface area contributed by atoms with E-state index < -0.39 is 5.97 Å². The predicted molar refractivity (Wildman–Crippen MR) is 43.3 cm³/mol. The Bertz CT molecular complexity index is 416. The van der Waals surface area contributed by atoms with Crippen LogP contribution in [0.5, 0.6) is 0 Å². The number of pyridine rings is 1. The second kappa shape index (κ2) is 3.15. The van der Waals surface area contributed by atoms with Crippen LogP contribution in [0.3, 0.4) is 0 Å². The zero-order valence-corrected chi connectivity index (χ0v) is 6.68. The number of hydrogen-bond acceptors (Lipinski definition) is 3. The van der Waals surface area contributed by atoms with Crippen molar-refractivity contribution in [2.24, 2.45) is 0 Å². The topological polar surface area (TPSA) is 76.9 Å². The number of carboxylic acids is 1. The maximum Gasteiger partial charge on any atom is 0.338 e.